The molecule has 3 aromatic heterocycles. The minimum absolute atomic E-state index is 0.0102. The summed E-state index contributed by atoms with van der Waals surface area (Å²) in [4.78, 5) is 0. The predicted molar refractivity (Wildman–Crippen MR) is 126 cm³/mol. The van der Waals surface area contributed by atoms with Gasteiger partial charge in [-0.3, -0.25) is 4.68 Å². The van der Waals surface area contributed by atoms with E-state index < -0.39 is 5.82 Å². The Kier molecular flexibility index (Phi) is 4.82. The number of nitrogens with one attached hydrogen (secondary N) is 1. The third-order valence-corrected chi connectivity index (χ3v) is 6.63. The van der Waals surface area contributed by atoms with E-state index in [9.17, 15) is 4.39 Å². The van der Waals surface area contributed by atoms with Crippen LogP contribution in [0.3, 0.4) is 0 Å². The number of rotatable bonds is 3. The number of hydrogen-bond acceptors (Lipinski definition) is 6. The first-order valence-corrected chi connectivity index (χ1v) is 11.4. The van der Waals surface area contributed by atoms with Crippen molar-refractivity contribution in [3.63, 3.8) is 0 Å². The molecule has 35 heavy (non-hydrogen) atoms. The zero-order valence-corrected chi connectivity index (χ0v) is 19.7. The Balaban J connectivity index is 1.54. The molecule has 2 aromatic carbocycles. The lowest BCUT2D eigenvalue weighted by Gasteiger charge is -2.20. The van der Waals surface area contributed by atoms with Crippen LogP contribution in [0.15, 0.2) is 34.9 Å². The SMILES string of the molecule is Cc1cc(-n2nc3c(c2-c2nnc(-c4ccc5c(cnn5C)c4F)o2)[C@H](C)NCC3)cc(C)c1F. The van der Waals surface area contributed by atoms with Gasteiger partial charge in [0.15, 0.2) is 0 Å². The Bertz CT molecular complexity index is 1590. The van der Waals surface area contributed by atoms with E-state index in [1.165, 1.54) is 6.20 Å². The molecule has 1 aliphatic heterocycles. The Hall–Kier alpha value is -3.92. The third-order valence-electron chi connectivity index (χ3n) is 6.63. The molecule has 0 saturated heterocycles. The Labute approximate surface area is 199 Å². The standard InChI is InChI=1S/C25H23F2N7O/c1-12-9-15(10-13(2)21(12)26)34-23(20-14(3)28-8-7-18(20)32-34)25-31-30-24(35-25)16-5-6-19-17(22(16)27)11-29-33(19)4/h5-6,9-11,14,28H,7-8H2,1-4H3/t14-/m0/s1. The van der Waals surface area contributed by atoms with Crippen LogP contribution in [-0.2, 0) is 13.5 Å². The highest BCUT2D eigenvalue weighted by Gasteiger charge is 2.31. The highest BCUT2D eigenvalue weighted by Crippen LogP contribution is 2.37. The van der Waals surface area contributed by atoms with Crippen molar-refractivity contribution in [2.75, 3.05) is 6.54 Å². The van der Waals surface area contributed by atoms with E-state index in [1.54, 1.807) is 54.5 Å². The van der Waals surface area contributed by atoms with E-state index in [0.29, 0.717) is 33.4 Å². The molecule has 5 aromatic rings. The molecular weight excluding hydrogens is 452 g/mol. The summed E-state index contributed by atoms with van der Waals surface area (Å²) in [5.74, 6) is -0.438. The molecule has 10 heteroatoms. The van der Waals surface area contributed by atoms with E-state index in [2.05, 4.69) is 20.6 Å². The fraction of sp³-hybridized carbons (Fsp3) is 0.280. The summed E-state index contributed by atoms with van der Waals surface area (Å²) in [6.07, 6.45) is 2.20. The zero-order chi connectivity index (χ0) is 24.4. The third kappa shape index (κ3) is 3.28. The van der Waals surface area contributed by atoms with Crippen LogP contribution in [0.25, 0.3) is 39.6 Å². The molecule has 0 amide bonds. The maximum absolute atomic E-state index is 15.3. The van der Waals surface area contributed by atoms with Crippen LogP contribution >= 0.6 is 0 Å². The van der Waals surface area contributed by atoms with Gasteiger partial charge >= 0.3 is 0 Å². The van der Waals surface area contributed by atoms with Gasteiger partial charge in [-0.15, -0.1) is 10.2 Å². The molecule has 178 valence electrons. The van der Waals surface area contributed by atoms with Crippen molar-refractivity contribution in [1.82, 2.24) is 35.1 Å². The largest absolute Gasteiger partial charge is 0.414 e. The monoisotopic (exact) mass is 475 g/mol. The molecule has 0 saturated carbocycles. The Morgan fingerprint density at radius 2 is 1.80 bits per heavy atom. The van der Waals surface area contributed by atoms with Gasteiger partial charge in [0.1, 0.15) is 17.3 Å². The molecular formula is C25H23F2N7O. The first-order valence-electron chi connectivity index (χ1n) is 11.4. The molecule has 0 unspecified atom stereocenters. The molecule has 0 radical (unpaired) electrons. The number of nitrogens with zero attached hydrogens (tertiary/aromatic N) is 6. The fourth-order valence-corrected chi connectivity index (χ4v) is 4.85. The number of aromatic nitrogens is 6. The molecule has 6 rings (SSSR count). The topological polar surface area (TPSA) is 86.6 Å². The minimum atomic E-state index is -0.471. The molecule has 0 aliphatic carbocycles. The Morgan fingerprint density at radius 3 is 2.57 bits per heavy atom. The van der Waals surface area contributed by atoms with Gasteiger partial charge < -0.3 is 9.73 Å². The molecule has 0 fully saturated rings. The average molecular weight is 476 g/mol. The lowest BCUT2D eigenvalue weighted by atomic mass is 9.99. The van der Waals surface area contributed by atoms with Crippen LogP contribution in [0, 0.1) is 25.5 Å². The second-order valence-electron chi connectivity index (χ2n) is 8.98. The first-order chi connectivity index (χ1) is 16.8. The van der Waals surface area contributed by atoms with Gasteiger partial charge in [-0.1, -0.05) is 0 Å². The van der Waals surface area contributed by atoms with Crippen molar-refractivity contribution in [2.45, 2.75) is 33.2 Å². The molecule has 0 spiro atoms. The van der Waals surface area contributed by atoms with Crippen molar-refractivity contribution in [3.05, 3.63) is 64.5 Å². The van der Waals surface area contributed by atoms with Gasteiger partial charge in [0, 0.05) is 31.6 Å². The van der Waals surface area contributed by atoms with Crippen molar-refractivity contribution >= 4 is 10.9 Å². The van der Waals surface area contributed by atoms with E-state index >= 15 is 4.39 Å². The summed E-state index contributed by atoms with van der Waals surface area (Å²) in [5, 5.41) is 21.2. The van der Waals surface area contributed by atoms with E-state index in [0.717, 1.165) is 24.2 Å². The van der Waals surface area contributed by atoms with Crippen LogP contribution in [0.5, 0.6) is 0 Å². The van der Waals surface area contributed by atoms with E-state index in [-0.39, 0.29) is 29.2 Å². The number of fused-ring (bicyclic) bond motifs is 2. The van der Waals surface area contributed by atoms with Gasteiger partial charge in [0.2, 0.25) is 0 Å². The van der Waals surface area contributed by atoms with Crippen LogP contribution < -0.4 is 5.32 Å². The summed E-state index contributed by atoms with van der Waals surface area (Å²) < 4.78 is 39.0. The van der Waals surface area contributed by atoms with Gasteiger partial charge in [-0.25, -0.2) is 13.5 Å². The van der Waals surface area contributed by atoms with Crippen LogP contribution in [0.4, 0.5) is 8.78 Å². The average Bonchev–Trinajstić information content (AvgIpc) is 3.55. The number of hydrogen-bond donors (Lipinski definition) is 1. The van der Waals surface area contributed by atoms with E-state index in [1.807, 2.05) is 6.92 Å². The highest BCUT2D eigenvalue weighted by atomic mass is 19.1. The summed E-state index contributed by atoms with van der Waals surface area (Å²) in [7, 11) is 1.75. The molecule has 4 heterocycles. The van der Waals surface area contributed by atoms with E-state index in [4.69, 9.17) is 9.52 Å². The lowest BCUT2D eigenvalue weighted by molar-refractivity contribution is 0.534. The zero-order valence-electron chi connectivity index (χ0n) is 19.7. The summed E-state index contributed by atoms with van der Waals surface area (Å²) in [6, 6.07) is 6.86. The summed E-state index contributed by atoms with van der Waals surface area (Å²) >= 11 is 0. The smallest absolute Gasteiger partial charge is 0.267 e. The van der Waals surface area contributed by atoms with Gasteiger partial charge in [-0.2, -0.15) is 10.2 Å². The summed E-state index contributed by atoms with van der Waals surface area (Å²) in [6.45, 7) is 6.28. The highest BCUT2D eigenvalue weighted by molar-refractivity contribution is 5.84. The Morgan fingerprint density at radius 1 is 1.06 bits per heavy atom. The number of benzene rings is 2. The van der Waals surface area contributed by atoms with Crippen LogP contribution in [0.2, 0.25) is 0 Å². The predicted octanol–water partition coefficient (Wildman–Crippen LogP) is 4.58. The first kappa shape index (κ1) is 21.6. The van der Waals surface area contributed by atoms with Crippen LogP contribution in [-0.4, -0.2) is 36.3 Å². The maximum atomic E-state index is 15.3. The van der Waals surface area contributed by atoms with Crippen molar-refractivity contribution in [3.8, 4) is 28.7 Å². The van der Waals surface area contributed by atoms with Gasteiger partial charge in [0.05, 0.1) is 34.0 Å². The fourth-order valence-electron chi connectivity index (χ4n) is 4.85. The molecule has 0 bridgehead atoms. The maximum Gasteiger partial charge on any atom is 0.267 e. The second kappa shape index (κ2) is 7.81. The number of aryl methyl sites for hydroxylation is 3. The quantitative estimate of drug-likeness (QED) is 0.411. The normalized spacial score (nSPS) is 15.7. The molecule has 8 nitrogen and oxygen atoms in total. The lowest BCUT2D eigenvalue weighted by Crippen LogP contribution is -2.27. The molecule has 1 aliphatic rings. The van der Waals surface area contributed by atoms with Crippen LogP contribution in [0.1, 0.15) is 35.3 Å². The summed E-state index contributed by atoms with van der Waals surface area (Å²) in [5.41, 5.74) is 5.06. The van der Waals surface area contributed by atoms with Gasteiger partial charge in [-0.05, 0) is 56.2 Å². The minimum Gasteiger partial charge on any atom is -0.414 e. The molecule has 1 N–H and O–H groups in total. The molecule has 1 atom stereocenters. The van der Waals surface area contributed by atoms with Crippen molar-refractivity contribution in [2.24, 2.45) is 7.05 Å². The number of halogens is 2. The van der Waals surface area contributed by atoms with Crippen molar-refractivity contribution < 1.29 is 13.2 Å². The van der Waals surface area contributed by atoms with Crippen molar-refractivity contribution in [1.29, 1.82) is 0 Å². The second-order valence-corrected chi connectivity index (χ2v) is 8.98. The van der Waals surface area contributed by atoms with Gasteiger partial charge in [0.25, 0.3) is 11.8 Å².